The SMILES string of the molecule is CO[C@H]1[C@H](OC(C)C(=O)O)[C@@H](NC(C)=O)[C@@H](OCc2ccccc2)O[C@@H]1COC(c1ccccc1)(c1ccccc1)c1ccccc1. The molecule has 1 amide bonds. The zero-order valence-corrected chi connectivity index (χ0v) is 26.7. The van der Waals surface area contributed by atoms with E-state index in [1.807, 2.05) is 121 Å². The summed E-state index contributed by atoms with van der Waals surface area (Å²) in [5.74, 6) is -1.51. The molecule has 1 fully saturated rings. The summed E-state index contributed by atoms with van der Waals surface area (Å²) in [5, 5.41) is 12.6. The Labute approximate surface area is 275 Å². The minimum Gasteiger partial charge on any atom is -0.479 e. The summed E-state index contributed by atoms with van der Waals surface area (Å²) in [7, 11) is 1.50. The molecule has 9 heteroatoms. The van der Waals surface area contributed by atoms with Crippen molar-refractivity contribution in [3.05, 3.63) is 144 Å². The zero-order valence-electron chi connectivity index (χ0n) is 26.7. The van der Waals surface area contributed by atoms with Crippen LogP contribution in [0.3, 0.4) is 0 Å². The standard InChI is InChI=1S/C38H41NO8/c1-26(36(41)42)46-35-33(39-27(2)40)37(44-24-28-16-8-4-9-17-28)47-32(34(35)43-3)25-45-38(29-18-10-5-11-19-29,30-20-12-6-13-21-30)31-22-14-7-15-23-31/h4-23,26,32-35,37H,24-25H2,1-3H3,(H,39,40)(H,41,42)/t26?,32-,33-,34-,35-,37+/m1/s1. The van der Waals surface area contributed by atoms with Gasteiger partial charge in [0.05, 0.1) is 13.2 Å². The van der Waals surface area contributed by atoms with Crippen LogP contribution in [-0.4, -0.2) is 67.4 Å². The summed E-state index contributed by atoms with van der Waals surface area (Å²) in [6, 6.07) is 38.5. The van der Waals surface area contributed by atoms with Crippen LogP contribution in [0.5, 0.6) is 0 Å². The minimum atomic E-state index is -1.21. The molecule has 0 aliphatic carbocycles. The number of carbonyl (C=O) groups is 2. The van der Waals surface area contributed by atoms with Gasteiger partial charge >= 0.3 is 5.97 Å². The van der Waals surface area contributed by atoms with Crippen LogP contribution in [0.1, 0.15) is 36.1 Å². The van der Waals surface area contributed by atoms with Gasteiger partial charge in [0.2, 0.25) is 5.91 Å². The molecule has 0 radical (unpaired) electrons. The maximum atomic E-state index is 12.4. The molecule has 9 nitrogen and oxygen atoms in total. The topological polar surface area (TPSA) is 113 Å². The van der Waals surface area contributed by atoms with Crippen LogP contribution in [0, 0.1) is 0 Å². The molecule has 0 bridgehead atoms. The molecule has 0 spiro atoms. The summed E-state index contributed by atoms with van der Waals surface area (Å²) >= 11 is 0. The van der Waals surface area contributed by atoms with Crippen LogP contribution < -0.4 is 5.32 Å². The molecule has 4 aromatic carbocycles. The predicted octanol–water partition coefficient (Wildman–Crippen LogP) is 5.31. The van der Waals surface area contributed by atoms with E-state index in [1.54, 1.807) is 0 Å². The molecule has 5 rings (SSSR count). The van der Waals surface area contributed by atoms with E-state index in [0.717, 1.165) is 22.3 Å². The normalized spacial score (nSPS) is 21.9. The monoisotopic (exact) mass is 639 g/mol. The highest BCUT2D eigenvalue weighted by Crippen LogP contribution is 2.41. The smallest absolute Gasteiger partial charge is 0.332 e. The quantitative estimate of drug-likeness (QED) is 0.179. The Bertz CT molecular complexity index is 1460. The van der Waals surface area contributed by atoms with Gasteiger partial charge in [0.25, 0.3) is 0 Å². The highest BCUT2D eigenvalue weighted by atomic mass is 16.7. The third-order valence-electron chi connectivity index (χ3n) is 8.26. The molecule has 1 aliphatic heterocycles. The number of benzene rings is 4. The first-order chi connectivity index (χ1) is 22.8. The number of amides is 1. The zero-order chi connectivity index (χ0) is 33.2. The second kappa shape index (κ2) is 15.9. The Kier molecular flexibility index (Phi) is 11.5. The van der Waals surface area contributed by atoms with Gasteiger partial charge < -0.3 is 34.1 Å². The second-order valence-corrected chi connectivity index (χ2v) is 11.4. The fourth-order valence-corrected chi connectivity index (χ4v) is 6.04. The van der Waals surface area contributed by atoms with E-state index in [2.05, 4.69) is 5.32 Å². The van der Waals surface area contributed by atoms with Crippen molar-refractivity contribution in [3.8, 4) is 0 Å². The van der Waals surface area contributed by atoms with Gasteiger partial charge in [-0.1, -0.05) is 121 Å². The van der Waals surface area contributed by atoms with Crippen molar-refractivity contribution >= 4 is 11.9 Å². The van der Waals surface area contributed by atoms with E-state index in [-0.39, 0.29) is 19.1 Å². The number of ether oxygens (including phenoxy) is 5. The molecule has 2 N–H and O–H groups in total. The number of hydrogen-bond acceptors (Lipinski definition) is 7. The molecule has 0 aromatic heterocycles. The Morgan fingerprint density at radius 2 is 1.30 bits per heavy atom. The summed E-state index contributed by atoms with van der Waals surface area (Å²) in [6.07, 6.45) is -4.83. The maximum absolute atomic E-state index is 12.4. The summed E-state index contributed by atoms with van der Waals surface area (Å²) < 4.78 is 32.0. The summed E-state index contributed by atoms with van der Waals surface area (Å²) in [4.78, 5) is 24.4. The Hall–Kier alpha value is -4.38. The Balaban J connectivity index is 1.55. The van der Waals surface area contributed by atoms with Crippen LogP contribution in [0.15, 0.2) is 121 Å². The molecule has 1 saturated heterocycles. The summed E-state index contributed by atoms with van der Waals surface area (Å²) in [5.41, 5.74) is 2.56. The second-order valence-electron chi connectivity index (χ2n) is 11.4. The third kappa shape index (κ3) is 7.96. The van der Waals surface area contributed by atoms with Crippen LogP contribution in [0.2, 0.25) is 0 Å². The molecular weight excluding hydrogens is 598 g/mol. The largest absolute Gasteiger partial charge is 0.479 e. The lowest BCUT2D eigenvalue weighted by Gasteiger charge is -2.47. The maximum Gasteiger partial charge on any atom is 0.332 e. The molecule has 1 aliphatic rings. The molecule has 6 atom stereocenters. The van der Waals surface area contributed by atoms with Gasteiger partial charge in [-0.15, -0.1) is 0 Å². The number of hydrogen-bond donors (Lipinski definition) is 2. The molecular formula is C38H41NO8. The fraction of sp³-hybridized carbons (Fsp3) is 0.316. The van der Waals surface area contributed by atoms with Crippen molar-refractivity contribution in [2.24, 2.45) is 0 Å². The summed E-state index contributed by atoms with van der Waals surface area (Å²) in [6.45, 7) is 2.98. The lowest BCUT2D eigenvalue weighted by atomic mass is 9.80. The van der Waals surface area contributed by atoms with E-state index >= 15 is 0 Å². The molecule has 246 valence electrons. The number of carboxylic acid groups (broad SMARTS) is 1. The first-order valence-corrected chi connectivity index (χ1v) is 15.6. The number of aliphatic carboxylic acids is 1. The van der Waals surface area contributed by atoms with Crippen molar-refractivity contribution in [2.45, 2.75) is 62.8 Å². The number of nitrogens with one attached hydrogen (secondary N) is 1. The van der Waals surface area contributed by atoms with Gasteiger partial charge in [0.15, 0.2) is 12.4 Å². The van der Waals surface area contributed by atoms with Gasteiger partial charge in [-0.05, 0) is 29.2 Å². The Morgan fingerprint density at radius 1 is 0.809 bits per heavy atom. The average molecular weight is 640 g/mol. The molecule has 1 heterocycles. The average Bonchev–Trinajstić information content (AvgIpc) is 3.10. The van der Waals surface area contributed by atoms with Crippen molar-refractivity contribution in [1.82, 2.24) is 5.32 Å². The number of methoxy groups -OCH3 is 1. The fourth-order valence-electron chi connectivity index (χ4n) is 6.04. The molecule has 4 aromatic rings. The first-order valence-electron chi connectivity index (χ1n) is 15.6. The molecule has 47 heavy (non-hydrogen) atoms. The molecule has 1 unspecified atom stereocenters. The van der Waals surface area contributed by atoms with Crippen molar-refractivity contribution < 1.29 is 38.4 Å². The van der Waals surface area contributed by atoms with Crippen molar-refractivity contribution in [3.63, 3.8) is 0 Å². The highest BCUT2D eigenvalue weighted by molar-refractivity contribution is 5.73. The van der Waals surface area contributed by atoms with Crippen LogP contribution in [0.25, 0.3) is 0 Å². The number of rotatable bonds is 14. The van der Waals surface area contributed by atoms with Crippen LogP contribution in [0.4, 0.5) is 0 Å². The van der Waals surface area contributed by atoms with Gasteiger partial charge in [0.1, 0.15) is 30.0 Å². The number of carboxylic acids is 1. The van der Waals surface area contributed by atoms with Gasteiger partial charge in [-0.3, -0.25) is 4.79 Å². The van der Waals surface area contributed by atoms with Crippen LogP contribution in [-0.2, 0) is 45.5 Å². The van der Waals surface area contributed by atoms with E-state index in [0.29, 0.717) is 0 Å². The predicted molar refractivity (Wildman–Crippen MR) is 175 cm³/mol. The lowest BCUT2D eigenvalue weighted by Crippen LogP contribution is -2.66. The van der Waals surface area contributed by atoms with Gasteiger partial charge in [-0.2, -0.15) is 0 Å². The van der Waals surface area contributed by atoms with Gasteiger partial charge in [-0.25, -0.2) is 4.79 Å². The first kappa shape index (κ1) is 34.0. The minimum absolute atomic E-state index is 0.00348. The van der Waals surface area contributed by atoms with E-state index in [1.165, 1.54) is 21.0 Å². The van der Waals surface area contributed by atoms with E-state index < -0.39 is 48.3 Å². The van der Waals surface area contributed by atoms with Gasteiger partial charge in [0, 0.05) is 14.0 Å². The van der Waals surface area contributed by atoms with E-state index in [4.69, 9.17) is 23.7 Å². The van der Waals surface area contributed by atoms with Crippen molar-refractivity contribution in [1.29, 1.82) is 0 Å². The number of carbonyl (C=O) groups excluding carboxylic acids is 1. The third-order valence-corrected chi connectivity index (χ3v) is 8.26. The lowest BCUT2D eigenvalue weighted by molar-refractivity contribution is -0.293. The Morgan fingerprint density at radius 3 is 1.74 bits per heavy atom. The molecule has 0 saturated carbocycles. The van der Waals surface area contributed by atoms with Crippen molar-refractivity contribution in [2.75, 3.05) is 13.7 Å². The van der Waals surface area contributed by atoms with Crippen LogP contribution >= 0.6 is 0 Å². The highest BCUT2D eigenvalue weighted by Gasteiger charge is 2.50. The van der Waals surface area contributed by atoms with E-state index in [9.17, 15) is 14.7 Å².